The topological polar surface area (TPSA) is 98.7 Å². The Hall–Kier alpha value is -2.67. The summed E-state index contributed by atoms with van der Waals surface area (Å²) in [6, 6.07) is 8.06. The van der Waals surface area contributed by atoms with Crippen LogP contribution in [0, 0.1) is 11.3 Å². The molecule has 3 N–H and O–H groups in total. The minimum absolute atomic E-state index is 0.0129. The molecular formula is C28H45N3O4. The van der Waals surface area contributed by atoms with Crippen molar-refractivity contribution in [3.63, 3.8) is 0 Å². The van der Waals surface area contributed by atoms with Gasteiger partial charge < -0.3 is 20.6 Å². The lowest BCUT2D eigenvalue weighted by atomic mass is 9.76. The lowest BCUT2D eigenvalue weighted by Gasteiger charge is -2.40. The van der Waals surface area contributed by atoms with Gasteiger partial charge in [-0.25, -0.2) is 4.79 Å². The molecule has 35 heavy (non-hydrogen) atoms. The van der Waals surface area contributed by atoms with Crippen molar-refractivity contribution in [3.8, 4) is 0 Å². The van der Waals surface area contributed by atoms with Gasteiger partial charge in [-0.1, -0.05) is 91.8 Å². The SMILES string of the molecule is CCNC(C(=O)N[C@H](C(=O)N(C)[C@H](C=C(C)C(=O)O)C(C)C)C(C)(C)C)C(C)(C)c1ccccc1. The molecule has 2 amide bonds. The zero-order chi connectivity index (χ0) is 27.1. The second kappa shape index (κ2) is 12.3. The van der Waals surface area contributed by atoms with Gasteiger partial charge in [0.1, 0.15) is 6.04 Å². The Balaban J connectivity index is 3.33. The molecule has 0 saturated carbocycles. The molecule has 0 spiro atoms. The number of hydrogen-bond acceptors (Lipinski definition) is 4. The average Bonchev–Trinajstić information content (AvgIpc) is 2.77. The largest absolute Gasteiger partial charge is 0.478 e. The molecule has 0 aromatic heterocycles. The standard InChI is InChI=1S/C28H45N3O4/c1-11-29-22(28(8,9)20-15-13-12-14-16-20)24(32)30-23(27(5,6)7)25(33)31(10)21(18(2)3)17-19(4)26(34)35/h12-18,21-23,29H,11H2,1-10H3,(H,30,32)(H,34,35)/t21-,22?,23-/m1/s1. The van der Waals surface area contributed by atoms with Gasteiger partial charge in [0.15, 0.2) is 0 Å². The predicted octanol–water partition coefficient (Wildman–Crippen LogP) is 3.99. The highest BCUT2D eigenvalue weighted by atomic mass is 16.4. The van der Waals surface area contributed by atoms with Crippen molar-refractivity contribution in [2.24, 2.45) is 11.3 Å². The van der Waals surface area contributed by atoms with Crippen molar-refractivity contribution in [2.75, 3.05) is 13.6 Å². The molecule has 1 unspecified atom stereocenters. The number of hydrogen-bond donors (Lipinski definition) is 3. The molecule has 0 aliphatic carbocycles. The Morgan fingerprint density at radius 1 is 1.03 bits per heavy atom. The van der Waals surface area contributed by atoms with Crippen LogP contribution in [0.4, 0.5) is 0 Å². The average molecular weight is 488 g/mol. The minimum atomic E-state index is -1.02. The van der Waals surface area contributed by atoms with Gasteiger partial charge in [0.25, 0.3) is 0 Å². The molecule has 0 aliphatic rings. The van der Waals surface area contributed by atoms with Gasteiger partial charge >= 0.3 is 5.97 Å². The molecule has 3 atom stereocenters. The fourth-order valence-corrected chi connectivity index (χ4v) is 4.22. The molecule has 0 bridgehead atoms. The van der Waals surface area contributed by atoms with E-state index in [9.17, 15) is 19.5 Å². The van der Waals surface area contributed by atoms with Crippen LogP contribution in [0.1, 0.15) is 67.9 Å². The molecule has 1 aromatic carbocycles. The van der Waals surface area contributed by atoms with E-state index in [2.05, 4.69) is 10.6 Å². The molecule has 0 heterocycles. The van der Waals surface area contributed by atoms with Crippen molar-refractivity contribution in [1.29, 1.82) is 0 Å². The van der Waals surface area contributed by atoms with Gasteiger partial charge in [-0.3, -0.25) is 9.59 Å². The Kier molecular flexibility index (Phi) is 10.7. The second-order valence-electron chi connectivity index (χ2n) is 11.2. The zero-order valence-corrected chi connectivity index (χ0v) is 23.1. The van der Waals surface area contributed by atoms with Crippen molar-refractivity contribution in [2.45, 2.75) is 85.9 Å². The molecule has 1 rings (SSSR count). The van der Waals surface area contributed by atoms with Crippen LogP contribution in [0.2, 0.25) is 0 Å². The third-order valence-corrected chi connectivity index (χ3v) is 6.55. The number of carboxylic acid groups (broad SMARTS) is 1. The Morgan fingerprint density at radius 3 is 2.00 bits per heavy atom. The quantitative estimate of drug-likeness (QED) is 0.410. The number of aliphatic carboxylic acids is 1. The maximum Gasteiger partial charge on any atom is 0.331 e. The van der Waals surface area contributed by atoms with Crippen LogP contribution >= 0.6 is 0 Å². The summed E-state index contributed by atoms with van der Waals surface area (Å²) < 4.78 is 0. The lowest BCUT2D eigenvalue weighted by molar-refractivity contribution is -0.141. The van der Waals surface area contributed by atoms with Gasteiger partial charge in [-0.2, -0.15) is 0 Å². The predicted molar refractivity (Wildman–Crippen MR) is 141 cm³/mol. The summed E-state index contributed by atoms with van der Waals surface area (Å²) in [5.74, 6) is -1.54. The second-order valence-corrected chi connectivity index (χ2v) is 11.2. The fourth-order valence-electron chi connectivity index (χ4n) is 4.22. The first-order valence-electron chi connectivity index (χ1n) is 12.3. The Bertz CT molecular complexity index is 901. The summed E-state index contributed by atoms with van der Waals surface area (Å²) in [6.45, 7) is 17.7. The van der Waals surface area contributed by atoms with Gasteiger partial charge in [0.05, 0.1) is 12.1 Å². The van der Waals surface area contributed by atoms with Crippen LogP contribution < -0.4 is 10.6 Å². The minimum Gasteiger partial charge on any atom is -0.478 e. The number of carbonyl (C=O) groups is 3. The number of nitrogens with one attached hydrogen (secondary N) is 2. The number of carboxylic acids is 1. The zero-order valence-electron chi connectivity index (χ0n) is 23.1. The molecule has 0 radical (unpaired) electrons. The molecule has 0 fully saturated rings. The van der Waals surface area contributed by atoms with Crippen molar-refractivity contribution < 1.29 is 19.5 Å². The van der Waals surface area contributed by atoms with Crippen LogP contribution in [0.15, 0.2) is 42.0 Å². The first-order valence-corrected chi connectivity index (χ1v) is 12.3. The van der Waals surface area contributed by atoms with E-state index >= 15 is 0 Å². The number of likely N-dealkylation sites (N-methyl/N-ethyl adjacent to an activating group) is 2. The van der Waals surface area contributed by atoms with Gasteiger partial charge in [-0.15, -0.1) is 0 Å². The van der Waals surface area contributed by atoms with E-state index < -0.39 is 34.9 Å². The number of carbonyl (C=O) groups excluding carboxylic acids is 2. The lowest BCUT2D eigenvalue weighted by Crippen LogP contribution is -2.62. The van der Waals surface area contributed by atoms with Crippen molar-refractivity contribution in [3.05, 3.63) is 47.5 Å². The van der Waals surface area contributed by atoms with E-state index in [1.807, 2.05) is 85.7 Å². The summed E-state index contributed by atoms with van der Waals surface area (Å²) in [5.41, 5.74) is 0.102. The Labute approximate surface area is 211 Å². The molecule has 7 nitrogen and oxygen atoms in total. The number of amides is 2. The summed E-state index contributed by atoms with van der Waals surface area (Å²) in [4.78, 5) is 40.4. The molecule has 0 aliphatic heterocycles. The van der Waals surface area contributed by atoms with Crippen LogP contribution in [-0.4, -0.2) is 59.5 Å². The molecule has 7 heteroatoms. The first kappa shape index (κ1) is 30.4. The van der Waals surface area contributed by atoms with Crippen molar-refractivity contribution >= 4 is 17.8 Å². The van der Waals surface area contributed by atoms with E-state index in [0.717, 1.165) is 5.56 Å². The van der Waals surface area contributed by atoms with E-state index in [1.165, 1.54) is 6.92 Å². The molecule has 0 saturated heterocycles. The first-order chi connectivity index (χ1) is 16.0. The maximum absolute atomic E-state index is 13.7. The summed E-state index contributed by atoms with van der Waals surface area (Å²) in [7, 11) is 1.67. The van der Waals surface area contributed by atoms with Crippen LogP contribution in [0.5, 0.6) is 0 Å². The smallest absolute Gasteiger partial charge is 0.331 e. The van der Waals surface area contributed by atoms with E-state index in [-0.39, 0.29) is 23.3 Å². The third-order valence-electron chi connectivity index (χ3n) is 6.55. The fraction of sp³-hybridized carbons (Fsp3) is 0.607. The summed E-state index contributed by atoms with van der Waals surface area (Å²) in [5, 5.41) is 15.7. The molecule has 1 aromatic rings. The van der Waals surface area contributed by atoms with Crippen molar-refractivity contribution in [1.82, 2.24) is 15.5 Å². The number of benzene rings is 1. The van der Waals surface area contributed by atoms with Gasteiger partial charge in [-0.05, 0) is 30.4 Å². The van der Waals surface area contributed by atoms with Crippen LogP contribution in [-0.2, 0) is 19.8 Å². The Morgan fingerprint density at radius 2 is 1.57 bits per heavy atom. The van der Waals surface area contributed by atoms with E-state index in [1.54, 1.807) is 18.0 Å². The highest BCUT2D eigenvalue weighted by Crippen LogP contribution is 2.29. The third kappa shape index (κ3) is 7.92. The van der Waals surface area contributed by atoms with Gasteiger partial charge in [0.2, 0.25) is 11.8 Å². The summed E-state index contributed by atoms with van der Waals surface area (Å²) >= 11 is 0. The molecule has 196 valence electrons. The highest BCUT2D eigenvalue weighted by molar-refractivity contribution is 5.91. The van der Waals surface area contributed by atoms with E-state index in [0.29, 0.717) is 6.54 Å². The normalized spacial score (nSPS) is 15.3. The monoisotopic (exact) mass is 487 g/mol. The summed E-state index contributed by atoms with van der Waals surface area (Å²) in [6.07, 6.45) is 1.60. The number of rotatable bonds is 11. The highest BCUT2D eigenvalue weighted by Gasteiger charge is 2.41. The number of nitrogens with zero attached hydrogens (tertiary/aromatic N) is 1. The van der Waals surface area contributed by atoms with E-state index in [4.69, 9.17) is 0 Å². The van der Waals surface area contributed by atoms with Crippen LogP contribution in [0.25, 0.3) is 0 Å². The van der Waals surface area contributed by atoms with Crippen LogP contribution in [0.3, 0.4) is 0 Å². The molecular weight excluding hydrogens is 442 g/mol. The maximum atomic E-state index is 13.7. The van der Waals surface area contributed by atoms with Gasteiger partial charge in [0, 0.05) is 18.0 Å².